The lowest BCUT2D eigenvalue weighted by molar-refractivity contribution is 0.631. The van der Waals surface area contributed by atoms with Gasteiger partial charge in [-0.15, -0.1) is 0 Å². The van der Waals surface area contributed by atoms with Crippen LogP contribution >= 0.6 is 15.9 Å². The fourth-order valence-corrected chi connectivity index (χ4v) is 2.27. The van der Waals surface area contributed by atoms with Crippen LogP contribution < -0.4 is 10.6 Å². The molecule has 2 N–H and O–H groups in total. The van der Waals surface area contributed by atoms with Crippen molar-refractivity contribution < 1.29 is 4.39 Å². The molecule has 1 fully saturated rings. The average molecular weight is 337 g/mol. The van der Waals surface area contributed by atoms with Crippen LogP contribution in [0.3, 0.4) is 0 Å². The predicted octanol–water partition coefficient (Wildman–Crippen LogP) is 4.04. The highest BCUT2D eigenvalue weighted by molar-refractivity contribution is 9.10. The van der Waals surface area contributed by atoms with Gasteiger partial charge in [-0.05, 0) is 31.0 Å². The molecule has 3 rings (SSSR count). The Balaban J connectivity index is 1.93. The second kappa shape index (κ2) is 5.36. The molecule has 0 aliphatic heterocycles. The van der Waals surface area contributed by atoms with Gasteiger partial charge in [0.2, 0.25) is 0 Å². The molecule has 6 heteroatoms. The highest BCUT2D eigenvalue weighted by Crippen LogP contribution is 2.39. The number of nitrogens with one attached hydrogen (secondary N) is 2. The number of halogens is 2. The highest BCUT2D eigenvalue weighted by atomic mass is 79.9. The van der Waals surface area contributed by atoms with Gasteiger partial charge in [0, 0.05) is 23.5 Å². The summed E-state index contributed by atoms with van der Waals surface area (Å²) in [5, 5.41) is 6.02. The van der Waals surface area contributed by atoms with Gasteiger partial charge < -0.3 is 10.6 Å². The molecule has 0 atom stereocenters. The van der Waals surface area contributed by atoms with E-state index >= 15 is 0 Å². The minimum atomic E-state index is -0.314. The van der Waals surface area contributed by atoms with Crippen LogP contribution in [0, 0.1) is 5.82 Å². The number of hydrogen-bond acceptors (Lipinski definition) is 4. The summed E-state index contributed by atoms with van der Waals surface area (Å²) in [6.07, 6.45) is 2.25. The Hall–Kier alpha value is -1.69. The third kappa shape index (κ3) is 2.90. The van der Waals surface area contributed by atoms with Crippen molar-refractivity contribution >= 4 is 33.3 Å². The zero-order chi connectivity index (χ0) is 14.1. The standard InChI is InChI=1S/C14H14BrFN4/c1-17-12-7-13(20-14(19-12)8-2-3-8)18-11-6-9(15)4-5-10(11)16/h4-8H,2-3H2,1H3,(H2,17,18,19,20). The van der Waals surface area contributed by atoms with Crippen LogP contribution in [0.25, 0.3) is 0 Å². The summed E-state index contributed by atoms with van der Waals surface area (Å²) >= 11 is 3.33. The van der Waals surface area contributed by atoms with Gasteiger partial charge in [0.25, 0.3) is 0 Å². The van der Waals surface area contributed by atoms with Crippen LogP contribution in [0.5, 0.6) is 0 Å². The van der Waals surface area contributed by atoms with Crippen LogP contribution in [0.1, 0.15) is 24.6 Å². The van der Waals surface area contributed by atoms with Gasteiger partial charge in [-0.2, -0.15) is 0 Å². The maximum atomic E-state index is 13.8. The maximum absolute atomic E-state index is 13.8. The van der Waals surface area contributed by atoms with Gasteiger partial charge in [0.1, 0.15) is 23.3 Å². The predicted molar refractivity (Wildman–Crippen MR) is 80.9 cm³/mol. The Kier molecular flexibility index (Phi) is 3.56. The molecule has 0 spiro atoms. The number of anilines is 3. The summed E-state index contributed by atoms with van der Waals surface area (Å²) < 4.78 is 14.6. The molecule has 1 aliphatic carbocycles. The van der Waals surface area contributed by atoms with Crippen molar-refractivity contribution in [3.05, 3.63) is 40.4 Å². The molecular formula is C14H14BrFN4. The molecule has 104 valence electrons. The minimum absolute atomic E-state index is 0.314. The third-order valence-electron chi connectivity index (χ3n) is 3.13. The SMILES string of the molecule is CNc1cc(Nc2cc(Br)ccc2F)nc(C2CC2)n1. The zero-order valence-corrected chi connectivity index (χ0v) is 12.5. The first-order valence-corrected chi connectivity index (χ1v) is 7.24. The van der Waals surface area contributed by atoms with Crippen LogP contribution in [0.4, 0.5) is 21.7 Å². The third-order valence-corrected chi connectivity index (χ3v) is 3.63. The topological polar surface area (TPSA) is 49.8 Å². The molecule has 0 bridgehead atoms. The number of nitrogens with zero attached hydrogens (tertiary/aromatic N) is 2. The second-order valence-corrected chi connectivity index (χ2v) is 5.69. The lowest BCUT2D eigenvalue weighted by Crippen LogP contribution is -2.04. The number of rotatable bonds is 4. The largest absolute Gasteiger partial charge is 0.373 e. The van der Waals surface area contributed by atoms with Crippen LogP contribution in [-0.4, -0.2) is 17.0 Å². The summed E-state index contributed by atoms with van der Waals surface area (Å²) in [6.45, 7) is 0. The lowest BCUT2D eigenvalue weighted by atomic mass is 10.3. The second-order valence-electron chi connectivity index (χ2n) is 4.77. The van der Waals surface area contributed by atoms with Crippen LogP contribution in [0.15, 0.2) is 28.7 Å². The smallest absolute Gasteiger partial charge is 0.146 e. The Bertz CT molecular complexity index is 643. The van der Waals surface area contributed by atoms with Crippen molar-refractivity contribution in [2.24, 2.45) is 0 Å². The molecule has 20 heavy (non-hydrogen) atoms. The molecule has 0 unspecified atom stereocenters. The van der Waals surface area contributed by atoms with Crippen LogP contribution in [0.2, 0.25) is 0 Å². The fraction of sp³-hybridized carbons (Fsp3) is 0.286. The van der Waals surface area contributed by atoms with Gasteiger partial charge in [0.05, 0.1) is 5.69 Å². The maximum Gasteiger partial charge on any atom is 0.146 e. The first kappa shape index (κ1) is 13.3. The molecule has 0 amide bonds. The van der Waals surface area contributed by atoms with E-state index in [-0.39, 0.29) is 5.82 Å². The molecular weight excluding hydrogens is 323 g/mol. The molecule has 2 aromatic rings. The summed E-state index contributed by atoms with van der Waals surface area (Å²) in [4.78, 5) is 8.90. The van der Waals surface area contributed by atoms with Gasteiger partial charge in [-0.3, -0.25) is 0 Å². The van der Waals surface area contributed by atoms with Crippen molar-refractivity contribution in [3.8, 4) is 0 Å². The fourth-order valence-electron chi connectivity index (χ4n) is 1.91. The van der Waals surface area contributed by atoms with E-state index in [2.05, 4.69) is 36.5 Å². The Morgan fingerprint density at radius 1 is 1.20 bits per heavy atom. The minimum Gasteiger partial charge on any atom is -0.373 e. The van der Waals surface area contributed by atoms with Crippen molar-refractivity contribution in [1.82, 2.24) is 9.97 Å². The average Bonchev–Trinajstić information content (AvgIpc) is 3.27. The van der Waals surface area contributed by atoms with Gasteiger partial charge in [-0.25, -0.2) is 14.4 Å². The van der Waals surface area contributed by atoms with E-state index in [1.807, 2.05) is 7.05 Å². The molecule has 1 aromatic carbocycles. The molecule has 1 heterocycles. The van der Waals surface area contributed by atoms with Crippen LogP contribution in [-0.2, 0) is 0 Å². The summed E-state index contributed by atoms with van der Waals surface area (Å²) in [7, 11) is 1.81. The van der Waals surface area contributed by atoms with Crippen molar-refractivity contribution in [2.75, 3.05) is 17.7 Å². The highest BCUT2D eigenvalue weighted by Gasteiger charge is 2.27. The number of benzene rings is 1. The van der Waals surface area contributed by atoms with Gasteiger partial charge in [0.15, 0.2) is 0 Å². The quantitative estimate of drug-likeness (QED) is 0.884. The van der Waals surface area contributed by atoms with E-state index in [1.165, 1.54) is 6.07 Å². The van der Waals surface area contributed by atoms with Crippen molar-refractivity contribution in [3.63, 3.8) is 0 Å². The van der Waals surface area contributed by atoms with Crippen molar-refractivity contribution in [1.29, 1.82) is 0 Å². The van der Waals surface area contributed by atoms with Gasteiger partial charge >= 0.3 is 0 Å². The summed E-state index contributed by atoms with van der Waals surface area (Å²) in [5.41, 5.74) is 0.391. The Labute approximate surface area is 125 Å². The summed E-state index contributed by atoms with van der Waals surface area (Å²) in [5.74, 6) is 2.28. The molecule has 1 aliphatic rings. The molecule has 1 saturated carbocycles. The summed E-state index contributed by atoms with van der Waals surface area (Å²) in [6, 6.07) is 6.53. The van der Waals surface area contributed by atoms with E-state index in [1.54, 1.807) is 18.2 Å². The van der Waals surface area contributed by atoms with E-state index in [9.17, 15) is 4.39 Å². The monoisotopic (exact) mass is 336 g/mol. The Morgan fingerprint density at radius 3 is 2.65 bits per heavy atom. The number of hydrogen-bond donors (Lipinski definition) is 2. The first-order valence-electron chi connectivity index (χ1n) is 6.44. The normalized spacial score (nSPS) is 14.2. The van der Waals surface area contributed by atoms with Gasteiger partial charge in [-0.1, -0.05) is 15.9 Å². The van der Waals surface area contributed by atoms with E-state index in [4.69, 9.17) is 0 Å². The van der Waals surface area contributed by atoms with E-state index in [0.717, 1.165) is 29.0 Å². The Morgan fingerprint density at radius 2 is 1.95 bits per heavy atom. The van der Waals surface area contributed by atoms with Crippen molar-refractivity contribution in [2.45, 2.75) is 18.8 Å². The zero-order valence-electron chi connectivity index (χ0n) is 11.0. The molecule has 0 saturated heterocycles. The van der Waals surface area contributed by atoms with E-state index < -0.39 is 0 Å². The number of aromatic nitrogens is 2. The lowest BCUT2D eigenvalue weighted by Gasteiger charge is -2.10. The molecule has 4 nitrogen and oxygen atoms in total. The van der Waals surface area contributed by atoms with E-state index in [0.29, 0.717) is 17.4 Å². The molecule has 1 aromatic heterocycles. The molecule has 0 radical (unpaired) electrons. The first-order chi connectivity index (χ1) is 9.65.